The number of nitrogens with one attached hydrogen (secondary N) is 1. The molecule has 0 spiro atoms. The summed E-state index contributed by atoms with van der Waals surface area (Å²) in [5.74, 6) is 1.58. The maximum absolute atomic E-state index is 12.9. The lowest BCUT2D eigenvalue weighted by Gasteiger charge is -2.30. The van der Waals surface area contributed by atoms with Gasteiger partial charge in [-0.15, -0.1) is 0 Å². The Morgan fingerprint density at radius 3 is 2.76 bits per heavy atom. The highest BCUT2D eigenvalue weighted by atomic mass is 79.9. The summed E-state index contributed by atoms with van der Waals surface area (Å²) < 4.78 is 12.4. The SMILES string of the molecule is CCN(C[C@@H]1COc2ccccc2O1)C(=O)c1n[nH]c(C(C)C)c1Br. The number of para-hydroxylation sites is 2. The maximum atomic E-state index is 12.9. The molecule has 2 aromatic rings. The van der Waals surface area contributed by atoms with Gasteiger partial charge in [0.2, 0.25) is 0 Å². The lowest BCUT2D eigenvalue weighted by atomic mass is 10.1. The number of ether oxygens (including phenoxy) is 2. The van der Waals surface area contributed by atoms with Crippen molar-refractivity contribution in [2.24, 2.45) is 0 Å². The molecule has 0 saturated carbocycles. The number of nitrogens with zero attached hydrogens (tertiary/aromatic N) is 2. The number of aromatic amines is 1. The number of halogens is 1. The lowest BCUT2D eigenvalue weighted by molar-refractivity contribution is 0.0470. The fourth-order valence-corrected chi connectivity index (χ4v) is 3.58. The number of likely N-dealkylation sites (N-methyl/N-ethyl adjacent to an activating group) is 1. The number of hydrogen-bond donors (Lipinski definition) is 1. The van der Waals surface area contributed by atoms with E-state index in [-0.39, 0.29) is 17.9 Å². The average Bonchev–Trinajstić information content (AvgIpc) is 3.00. The Morgan fingerprint density at radius 1 is 1.40 bits per heavy atom. The molecule has 0 bridgehead atoms. The van der Waals surface area contributed by atoms with Gasteiger partial charge in [-0.05, 0) is 40.9 Å². The van der Waals surface area contributed by atoms with Crippen molar-refractivity contribution in [1.29, 1.82) is 0 Å². The fraction of sp³-hybridized carbons (Fsp3) is 0.444. The number of carbonyl (C=O) groups is 1. The standard InChI is InChI=1S/C18H22BrN3O3/c1-4-22(18(23)17-15(19)16(11(2)3)20-21-17)9-12-10-24-13-7-5-6-8-14(13)25-12/h5-8,11-12H,4,9-10H2,1-3H3,(H,20,21)/t12-/m1/s1. The van der Waals surface area contributed by atoms with Crippen molar-refractivity contribution in [3.8, 4) is 11.5 Å². The topological polar surface area (TPSA) is 67.5 Å². The van der Waals surface area contributed by atoms with Crippen LogP contribution < -0.4 is 9.47 Å². The summed E-state index contributed by atoms with van der Waals surface area (Å²) in [7, 11) is 0. The minimum atomic E-state index is -0.207. The Kier molecular flexibility index (Phi) is 5.32. The number of amides is 1. The lowest BCUT2D eigenvalue weighted by Crippen LogP contribution is -2.43. The van der Waals surface area contributed by atoms with Crippen LogP contribution in [0, 0.1) is 0 Å². The summed E-state index contributed by atoms with van der Waals surface area (Å²) in [6.07, 6.45) is -0.207. The second-order valence-electron chi connectivity index (χ2n) is 6.30. The molecular weight excluding hydrogens is 386 g/mol. The first-order valence-electron chi connectivity index (χ1n) is 8.42. The molecule has 1 atom stereocenters. The van der Waals surface area contributed by atoms with Crippen molar-refractivity contribution in [3.05, 3.63) is 40.1 Å². The van der Waals surface area contributed by atoms with Gasteiger partial charge >= 0.3 is 0 Å². The van der Waals surface area contributed by atoms with Crippen LogP contribution in [0.2, 0.25) is 0 Å². The van der Waals surface area contributed by atoms with Crippen molar-refractivity contribution in [2.75, 3.05) is 19.7 Å². The average molecular weight is 408 g/mol. The third-order valence-corrected chi connectivity index (χ3v) is 4.98. The third-order valence-electron chi connectivity index (χ3n) is 4.17. The van der Waals surface area contributed by atoms with Gasteiger partial charge in [0.15, 0.2) is 23.3 Å². The smallest absolute Gasteiger partial charge is 0.275 e. The van der Waals surface area contributed by atoms with Crippen LogP contribution in [0.3, 0.4) is 0 Å². The van der Waals surface area contributed by atoms with Crippen molar-refractivity contribution in [1.82, 2.24) is 15.1 Å². The summed E-state index contributed by atoms with van der Waals surface area (Å²) in [4.78, 5) is 14.6. The van der Waals surface area contributed by atoms with Crippen molar-refractivity contribution >= 4 is 21.8 Å². The third kappa shape index (κ3) is 3.66. The Hall–Kier alpha value is -2.02. The van der Waals surface area contributed by atoms with Crippen LogP contribution in [-0.4, -0.2) is 46.8 Å². The van der Waals surface area contributed by atoms with E-state index in [2.05, 4.69) is 40.0 Å². The van der Waals surface area contributed by atoms with Gasteiger partial charge in [0.05, 0.1) is 16.7 Å². The highest BCUT2D eigenvalue weighted by Gasteiger charge is 2.28. The van der Waals surface area contributed by atoms with Crippen molar-refractivity contribution < 1.29 is 14.3 Å². The van der Waals surface area contributed by atoms with Gasteiger partial charge in [0.1, 0.15) is 6.61 Å². The molecule has 1 aliphatic heterocycles. The summed E-state index contributed by atoms with van der Waals surface area (Å²) in [5, 5.41) is 7.15. The first-order chi connectivity index (χ1) is 12.0. The van der Waals surface area contributed by atoms with E-state index in [4.69, 9.17) is 9.47 Å². The van der Waals surface area contributed by atoms with Crippen LogP contribution in [-0.2, 0) is 0 Å². The second-order valence-corrected chi connectivity index (χ2v) is 7.09. The molecule has 1 aromatic carbocycles. The molecule has 134 valence electrons. The van der Waals surface area contributed by atoms with E-state index in [0.29, 0.717) is 31.1 Å². The highest BCUT2D eigenvalue weighted by molar-refractivity contribution is 9.10. The number of fused-ring (bicyclic) bond motifs is 1. The zero-order chi connectivity index (χ0) is 18.0. The molecule has 25 heavy (non-hydrogen) atoms. The molecule has 0 fully saturated rings. The summed E-state index contributed by atoms with van der Waals surface area (Å²) in [5.41, 5.74) is 1.33. The largest absolute Gasteiger partial charge is 0.486 e. The number of hydrogen-bond acceptors (Lipinski definition) is 4. The molecule has 1 aromatic heterocycles. The molecule has 0 unspecified atom stereocenters. The maximum Gasteiger partial charge on any atom is 0.275 e. The zero-order valence-corrected chi connectivity index (χ0v) is 16.2. The minimum absolute atomic E-state index is 0.125. The van der Waals surface area contributed by atoms with E-state index in [1.165, 1.54) is 0 Å². The predicted octanol–water partition coefficient (Wildman–Crippen LogP) is 3.60. The van der Waals surface area contributed by atoms with Gasteiger partial charge in [0, 0.05) is 6.54 Å². The van der Waals surface area contributed by atoms with Crippen LogP contribution in [0.1, 0.15) is 42.9 Å². The number of benzene rings is 1. The predicted molar refractivity (Wildman–Crippen MR) is 98.3 cm³/mol. The van der Waals surface area contributed by atoms with Crippen LogP contribution in [0.25, 0.3) is 0 Å². The van der Waals surface area contributed by atoms with Gasteiger partial charge in [-0.25, -0.2) is 0 Å². The number of aromatic nitrogens is 2. The minimum Gasteiger partial charge on any atom is -0.486 e. The van der Waals surface area contributed by atoms with Crippen molar-refractivity contribution in [2.45, 2.75) is 32.8 Å². The Morgan fingerprint density at radius 2 is 2.12 bits per heavy atom. The highest BCUT2D eigenvalue weighted by Crippen LogP contribution is 2.31. The van der Waals surface area contributed by atoms with Gasteiger partial charge in [0.25, 0.3) is 5.91 Å². The molecule has 2 heterocycles. The molecule has 3 rings (SSSR count). The zero-order valence-electron chi connectivity index (χ0n) is 14.6. The molecule has 1 amide bonds. The number of rotatable bonds is 5. The summed E-state index contributed by atoms with van der Waals surface area (Å²) >= 11 is 3.50. The summed E-state index contributed by atoms with van der Waals surface area (Å²) in [6, 6.07) is 7.56. The Balaban J connectivity index is 1.72. The number of carbonyl (C=O) groups excluding carboxylic acids is 1. The van der Waals surface area contributed by atoms with Crippen LogP contribution in [0.5, 0.6) is 11.5 Å². The molecule has 0 saturated heterocycles. The monoisotopic (exact) mass is 407 g/mol. The Bertz CT molecular complexity index is 760. The van der Waals surface area contributed by atoms with Crippen LogP contribution >= 0.6 is 15.9 Å². The van der Waals surface area contributed by atoms with Gasteiger partial charge in [-0.2, -0.15) is 5.10 Å². The van der Waals surface area contributed by atoms with Crippen LogP contribution in [0.15, 0.2) is 28.7 Å². The molecule has 0 aliphatic carbocycles. The molecule has 6 nitrogen and oxygen atoms in total. The van der Waals surface area contributed by atoms with E-state index >= 15 is 0 Å². The second kappa shape index (κ2) is 7.47. The van der Waals surface area contributed by atoms with E-state index in [9.17, 15) is 4.79 Å². The van der Waals surface area contributed by atoms with Gasteiger partial charge in [-0.1, -0.05) is 26.0 Å². The van der Waals surface area contributed by atoms with Gasteiger partial charge in [-0.3, -0.25) is 9.89 Å². The Labute approximate surface area is 155 Å². The first-order valence-corrected chi connectivity index (χ1v) is 9.22. The fourth-order valence-electron chi connectivity index (χ4n) is 2.77. The van der Waals surface area contributed by atoms with E-state index in [0.717, 1.165) is 15.9 Å². The molecular formula is C18H22BrN3O3. The molecule has 1 aliphatic rings. The molecule has 0 radical (unpaired) electrons. The molecule has 1 N–H and O–H groups in total. The van der Waals surface area contributed by atoms with Crippen LogP contribution in [0.4, 0.5) is 0 Å². The van der Waals surface area contributed by atoms with E-state index < -0.39 is 0 Å². The van der Waals surface area contributed by atoms with Crippen molar-refractivity contribution in [3.63, 3.8) is 0 Å². The summed E-state index contributed by atoms with van der Waals surface area (Å²) in [6.45, 7) is 7.47. The quantitative estimate of drug-likeness (QED) is 0.821. The van der Waals surface area contributed by atoms with E-state index in [1.807, 2.05) is 31.2 Å². The normalized spacial score (nSPS) is 16.1. The molecule has 7 heteroatoms. The van der Waals surface area contributed by atoms with E-state index in [1.54, 1.807) is 4.90 Å². The van der Waals surface area contributed by atoms with Gasteiger partial charge < -0.3 is 14.4 Å². The number of H-pyrrole nitrogens is 1. The first kappa shape index (κ1) is 17.8.